The van der Waals surface area contributed by atoms with Gasteiger partial charge in [-0.1, -0.05) is 72.8 Å². The highest BCUT2D eigenvalue weighted by Gasteiger charge is 2.30. The number of carbonyl (C=O) groups is 4. The van der Waals surface area contributed by atoms with Gasteiger partial charge in [0.15, 0.2) is 0 Å². The van der Waals surface area contributed by atoms with Crippen LogP contribution in [-0.2, 0) is 18.9 Å². The van der Waals surface area contributed by atoms with E-state index < -0.39 is 23.9 Å². The molecule has 8 heteroatoms. The van der Waals surface area contributed by atoms with Gasteiger partial charge in [-0.15, -0.1) is 0 Å². The summed E-state index contributed by atoms with van der Waals surface area (Å²) in [6, 6.07) is 26.6. The molecule has 250 valence electrons. The first-order valence-electron chi connectivity index (χ1n) is 16.7. The molecule has 50 heavy (non-hydrogen) atoms. The zero-order chi connectivity index (χ0) is 35.1. The van der Waals surface area contributed by atoms with Gasteiger partial charge in [0.25, 0.3) is 0 Å². The van der Waals surface area contributed by atoms with Crippen LogP contribution in [0.4, 0.5) is 0 Å². The van der Waals surface area contributed by atoms with E-state index >= 15 is 0 Å². The number of benzene rings is 7. The van der Waals surface area contributed by atoms with Crippen molar-refractivity contribution in [2.45, 2.75) is 27.7 Å². The summed E-state index contributed by atoms with van der Waals surface area (Å²) in [4.78, 5) is 54.9. The molecule has 7 aromatic rings. The summed E-state index contributed by atoms with van der Waals surface area (Å²) in [5, 5.41) is 8.30. The minimum absolute atomic E-state index is 0.114. The van der Waals surface area contributed by atoms with Crippen LogP contribution in [0, 0.1) is 0 Å². The second-order valence-electron chi connectivity index (χ2n) is 11.7. The van der Waals surface area contributed by atoms with Crippen molar-refractivity contribution in [3.8, 4) is 0 Å². The number of hydrogen-bond acceptors (Lipinski definition) is 8. The largest absolute Gasteiger partial charge is 0.462 e. The van der Waals surface area contributed by atoms with Crippen molar-refractivity contribution in [3.05, 3.63) is 107 Å². The second kappa shape index (κ2) is 13.1. The maximum Gasteiger partial charge on any atom is 0.339 e. The molecule has 0 saturated carbocycles. The molecule has 0 aliphatic rings. The van der Waals surface area contributed by atoms with Crippen LogP contribution < -0.4 is 0 Å². The third-order valence-corrected chi connectivity index (χ3v) is 9.05. The first-order valence-corrected chi connectivity index (χ1v) is 16.7. The molecule has 8 nitrogen and oxygen atoms in total. The summed E-state index contributed by atoms with van der Waals surface area (Å²) in [7, 11) is 0. The Morgan fingerprint density at radius 1 is 0.380 bits per heavy atom. The van der Waals surface area contributed by atoms with Crippen LogP contribution in [0.5, 0.6) is 0 Å². The van der Waals surface area contributed by atoms with Gasteiger partial charge in [-0.25, -0.2) is 19.2 Å². The van der Waals surface area contributed by atoms with Gasteiger partial charge in [0.1, 0.15) is 0 Å². The lowest BCUT2D eigenvalue weighted by Gasteiger charge is -2.19. The van der Waals surface area contributed by atoms with E-state index in [2.05, 4.69) is 0 Å². The van der Waals surface area contributed by atoms with Gasteiger partial charge in [-0.2, -0.15) is 0 Å². The topological polar surface area (TPSA) is 105 Å². The van der Waals surface area contributed by atoms with E-state index in [9.17, 15) is 19.2 Å². The Morgan fingerprint density at radius 2 is 0.700 bits per heavy atom. The van der Waals surface area contributed by atoms with E-state index in [0.29, 0.717) is 32.3 Å². The predicted octanol–water partition coefficient (Wildman–Crippen LogP) is 9.31. The summed E-state index contributed by atoms with van der Waals surface area (Å²) < 4.78 is 22.1. The summed E-state index contributed by atoms with van der Waals surface area (Å²) in [6.45, 7) is 7.37. The predicted molar refractivity (Wildman–Crippen MR) is 195 cm³/mol. The maximum atomic E-state index is 13.8. The molecule has 0 saturated heterocycles. The molecular formula is C42H34O8. The molecule has 0 spiro atoms. The SMILES string of the molecule is CCOC(=O)c1c(C(=O)OCC)c2c3cc4ccc5c6ccccc6c(C(=O)OCC)c(C(=O)OCC)c5c4cc3ccc2c2ccccc12. The molecule has 0 N–H and O–H groups in total. The molecule has 0 aromatic heterocycles. The van der Waals surface area contributed by atoms with Crippen LogP contribution in [-0.4, -0.2) is 50.3 Å². The van der Waals surface area contributed by atoms with Gasteiger partial charge in [-0.3, -0.25) is 0 Å². The van der Waals surface area contributed by atoms with Gasteiger partial charge >= 0.3 is 23.9 Å². The number of fused-ring (bicyclic) bond motifs is 10. The Labute approximate surface area is 287 Å². The second-order valence-corrected chi connectivity index (χ2v) is 11.7. The lowest BCUT2D eigenvalue weighted by molar-refractivity contribution is 0.0482. The summed E-state index contributed by atoms with van der Waals surface area (Å²) >= 11 is 0. The fraction of sp³-hybridized carbons (Fsp3) is 0.190. The van der Waals surface area contributed by atoms with Crippen molar-refractivity contribution in [3.63, 3.8) is 0 Å². The number of carbonyl (C=O) groups excluding carboxylic acids is 4. The molecule has 0 bridgehead atoms. The van der Waals surface area contributed by atoms with Gasteiger partial charge in [0.05, 0.1) is 48.7 Å². The maximum absolute atomic E-state index is 13.8. The first kappa shape index (κ1) is 32.5. The van der Waals surface area contributed by atoms with Crippen LogP contribution in [0.1, 0.15) is 69.1 Å². The van der Waals surface area contributed by atoms with E-state index in [1.165, 1.54) is 0 Å². The summed E-state index contributed by atoms with van der Waals surface area (Å²) in [5.74, 6) is -2.50. The molecule has 0 amide bonds. The Kier molecular flexibility index (Phi) is 8.53. The van der Waals surface area contributed by atoms with Crippen molar-refractivity contribution in [2.24, 2.45) is 0 Å². The minimum Gasteiger partial charge on any atom is -0.462 e. The highest BCUT2D eigenvalue weighted by Crippen LogP contribution is 2.43. The first-order chi connectivity index (χ1) is 24.3. The average molecular weight is 667 g/mol. The number of ether oxygens (including phenoxy) is 4. The molecule has 0 fully saturated rings. The lowest BCUT2D eigenvalue weighted by atomic mass is 9.85. The van der Waals surface area contributed by atoms with Crippen LogP contribution in [0.15, 0.2) is 84.9 Å². The van der Waals surface area contributed by atoms with Crippen LogP contribution in [0.25, 0.3) is 64.6 Å². The van der Waals surface area contributed by atoms with Crippen molar-refractivity contribution < 1.29 is 38.1 Å². The third kappa shape index (κ3) is 5.06. The minimum atomic E-state index is -0.632. The fourth-order valence-electron chi connectivity index (χ4n) is 7.17. The zero-order valence-corrected chi connectivity index (χ0v) is 28.2. The van der Waals surface area contributed by atoms with E-state index in [4.69, 9.17) is 18.9 Å². The fourth-order valence-corrected chi connectivity index (χ4v) is 7.17. The monoisotopic (exact) mass is 666 g/mol. The number of esters is 4. The normalized spacial score (nSPS) is 11.4. The Balaban J connectivity index is 1.69. The summed E-state index contributed by atoms with van der Waals surface area (Å²) in [6.07, 6.45) is 0. The van der Waals surface area contributed by atoms with Gasteiger partial charge in [0, 0.05) is 10.8 Å². The van der Waals surface area contributed by atoms with E-state index in [-0.39, 0.29) is 48.7 Å². The molecule has 0 unspecified atom stereocenters. The Morgan fingerprint density at radius 3 is 1.04 bits per heavy atom. The van der Waals surface area contributed by atoms with E-state index in [1.807, 2.05) is 84.9 Å². The highest BCUT2D eigenvalue weighted by atomic mass is 16.5. The van der Waals surface area contributed by atoms with E-state index in [1.54, 1.807) is 27.7 Å². The summed E-state index contributed by atoms with van der Waals surface area (Å²) in [5.41, 5.74) is 0.560. The Hall–Kier alpha value is -6.02. The molecule has 7 aromatic carbocycles. The highest BCUT2D eigenvalue weighted by molar-refractivity contribution is 6.33. The van der Waals surface area contributed by atoms with Gasteiger partial charge in [-0.05, 0) is 93.7 Å². The number of hydrogen-bond donors (Lipinski definition) is 0. The van der Waals surface area contributed by atoms with Crippen molar-refractivity contribution in [1.82, 2.24) is 0 Å². The Bertz CT molecular complexity index is 2390. The molecule has 0 heterocycles. The van der Waals surface area contributed by atoms with Gasteiger partial charge < -0.3 is 18.9 Å². The quantitative estimate of drug-likeness (QED) is 0.0684. The molecule has 0 aliphatic heterocycles. The zero-order valence-electron chi connectivity index (χ0n) is 28.2. The molecule has 0 aliphatic carbocycles. The molecule has 0 radical (unpaired) electrons. The van der Waals surface area contributed by atoms with Crippen LogP contribution in [0.3, 0.4) is 0 Å². The van der Waals surface area contributed by atoms with Crippen molar-refractivity contribution in [1.29, 1.82) is 0 Å². The smallest absolute Gasteiger partial charge is 0.339 e. The molecular weight excluding hydrogens is 632 g/mol. The van der Waals surface area contributed by atoms with E-state index in [0.717, 1.165) is 32.3 Å². The number of rotatable bonds is 8. The van der Waals surface area contributed by atoms with Crippen molar-refractivity contribution >= 4 is 88.5 Å². The van der Waals surface area contributed by atoms with Crippen molar-refractivity contribution in [2.75, 3.05) is 26.4 Å². The standard InChI is InChI=1S/C42H34O8/c1-5-47-39(43)35-27-15-11-9-13-25(27)29-19-17-23-22-32-24(21-31(23)33(29)37(35)41(45)49-7-3)18-20-30-26-14-10-12-16-28(26)36(40(44)48-6-2)38(34(30)32)42(46)50-8-4/h9-22H,5-8H2,1-4H3. The molecule has 0 atom stereocenters. The average Bonchev–Trinajstić information content (AvgIpc) is 3.12. The van der Waals surface area contributed by atoms with Gasteiger partial charge in [0.2, 0.25) is 0 Å². The molecule has 7 rings (SSSR count). The third-order valence-electron chi connectivity index (χ3n) is 9.05. The van der Waals surface area contributed by atoms with Crippen LogP contribution >= 0.6 is 0 Å². The van der Waals surface area contributed by atoms with Crippen LogP contribution in [0.2, 0.25) is 0 Å². The lowest BCUT2D eigenvalue weighted by Crippen LogP contribution is -2.16.